The molecule has 0 bridgehead atoms. The molecule has 0 aliphatic heterocycles. The average Bonchev–Trinajstić information content (AvgIpc) is 2.90. The molecule has 0 unspecified atom stereocenters. The van der Waals surface area contributed by atoms with Crippen LogP contribution in [-0.4, -0.2) is 11.1 Å². The standard InChI is InChI=1S/C10H8F2O2/c11-7-2-1-6(5-8(7)12)10(3-4-10)9(13)14/h1-2,5H,3-4H2,(H,13,14). The van der Waals surface area contributed by atoms with Crippen LogP contribution < -0.4 is 0 Å². The van der Waals surface area contributed by atoms with Crippen molar-refractivity contribution in [2.45, 2.75) is 18.3 Å². The molecule has 0 saturated heterocycles. The zero-order valence-corrected chi connectivity index (χ0v) is 7.26. The highest BCUT2D eigenvalue weighted by Crippen LogP contribution is 2.48. The molecule has 1 saturated carbocycles. The van der Waals surface area contributed by atoms with E-state index in [4.69, 9.17) is 5.11 Å². The molecule has 1 aromatic rings. The van der Waals surface area contributed by atoms with E-state index in [2.05, 4.69) is 0 Å². The van der Waals surface area contributed by atoms with Crippen LogP contribution in [-0.2, 0) is 10.2 Å². The first-order chi connectivity index (χ1) is 6.56. The maximum absolute atomic E-state index is 12.8. The number of rotatable bonds is 2. The monoisotopic (exact) mass is 198 g/mol. The number of halogens is 2. The van der Waals surface area contributed by atoms with Crippen LogP contribution in [0.3, 0.4) is 0 Å². The molecule has 0 radical (unpaired) electrons. The Kier molecular flexibility index (Phi) is 1.80. The van der Waals surface area contributed by atoms with Gasteiger partial charge in [0.15, 0.2) is 11.6 Å². The van der Waals surface area contributed by atoms with Gasteiger partial charge in [0, 0.05) is 0 Å². The molecular formula is C10H8F2O2. The zero-order valence-electron chi connectivity index (χ0n) is 7.26. The van der Waals surface area contributed by atoms with Crippen LogP contribution in [0, 0.1) is 11.6 Å². The Balaban J connectivity index is 2.43. The topological polar surface area (TPSA) is 37.3 Å². The van der Waals surface area contributed by atoms with Gasteiger partial charge < -0.3 is 5.11 Å². The molecule has 0 atom stereocenters. The second-order valence-electron chi connectivity index (χ2n) is 3.52. The van der Waals surface area contributed by atoms with Crippen LogP contribution in [0.2, 0.25) is 0 Å². The molecule has 0 amide bonds. The summed E-state index contributed by atoms with van der Waals surface area (Å²) < 4.78 is 25.4. The summed E-state index contributed by atoms with van der Waals surface area (Å²) in [6, 6.07) is 3.27. The van der Waals surface area contributed by atoms with Crippen molar-refractivity contribution in [1.29, 1.82) is 0 Å². The molecule has 14 heavy (non-hydrogen) atoms. The Morgan fingerprint density at radius 1 is 1.29 bits per heavy atom. The summed E-state index contributed by atoms with van der Waals surface area (Å²) in [5.41, 5.74) is -0.613. The molecule has 1 aromatic carbocycles. The lowest BCUT2D eigenvalue weighted by molar-refractivity contribution is -0.140. The maximum Gasteiger partial charge on any atom is 0.314 e. The van der Waals surface area contributed by atoms with Crippen molar-refractivity contribution in [2.24, 2.45) is 0 Å². The largest absolute Gasteiger partial charge is 0.481 e. The number of carboxylic acid groups (broad SMARTS) is 1. The summed E-state index contributed by atoms with van der Waals surface area (Å²) in [5, 5.41) is 8.90. The lowest BCUT2D eigenvalue weighted by Gasteiger charge is -2.09. The molecule has 0 heterocycles. The van der Waals surface area contributed by atoms with Crippen LogP contribution in [0.15, 0.2) is 18.2 Å². The van der Waals surface area contributed by atoms with Crippen LogP contribution in [0.1, 0.15) is 18.4 Å². The summed E-state index contributed by atoms with van der Waals surface area (Å²) in [6.07, 6.45) is 0.987. The van der Waals surface area contributed by atoms with Crippen molar-refractivity contribution >= 4 is 5.97 Å². The normalized spacial score (nSPS) is 17.9. The summed E-state index contributed by atoms with van der Waals surface area (Å²) in [5.74, 6) is -2.91. The van der Waals surface area contributed by atoms with Crippen molar-refractivity contribution < 1.29 is 18.7 Å². The van der Waals surface area contributed by atoms with Gasteiger partial charge in [-0.3, -0.25) is 4.79 Å². The van der Waals surface area contributed by atoms with Gasteiger partial charge in [0.25, 0.3) is 0 Å². The number of benzene rings is 1. The van der Waals surface area contributed by atoms with Gasteiger partial charge in [0.2, 0.25) is 0 Å². The van der Waals surface area contributed by atoms with Gasteiger partial charge in [0.1, 0.15) is 0 Å². The molecule has 1 aliphatic rings. The molecule has 1 N–H and O–H groups in total. The van der Waals surface area contributed by atoms with Gasteiger partial charge in [0.05, 0.1) is 5.41 Å². The first-order valence-corrected chi connectivity index (χ1v) is 4.25. The van der Waals surface area contributed by atoms with Crippen LogP contribution >= 0.6 is 0 Å². The first kappa shape index (κ1) is 9.12. The van der Waals surface area contributed by atoms with Gasteiger partial charge in [-0.1, -0.05) is 6.07 Å². The maximum atomic E-state index is 12.8. The van der Waals surface area contributed by atoms with Gasteiger partial charge in [-0.15, -0.1) is 0 Å². The van der Waals surface area contributed by atoms with E-state index in [0.29, 0.717) is 18.4 Å². The minimum atomic E-state index is -0.991. The molecule has 1 aliphatic carbocycles. The minimum Gasteiger partial charge on any atom is -0.481 e. The number of carbonyl (C=O) groups is 1. The smallest absolute Gasteiger partial charge is 0.314 e. The number of carboxylic acids is 1. The fraction of sp³-hybridized carbons (Fsp3) is 0.300. The quantitative estimate of drug-likeness (QED) is 0.789. The number of hydrogen-bond acceptors (Lipinski definition) is 1. The lowest BCUT2D eigenvalue weighted by atomic mass is 9.96. The Labute approximate surface area is 79.2 Å². The predicted octanol–water partition coefficient (Wildman–Crippen LogP) is 2.08. The third-order valence-electron chi connectivity index (χ3n) is 2.63. The van der Waals surface area contributed by atoms with E-state index in [-0.39, 0.29) is 0 Å². The van der Waals surface area contributed by atoms with E-state index in [1.165, 1.54) is 6.07 Å². The van der Waals surface area contributed by atoms with Crippen molar-refractivity contribution in [3.8, 4) is 0 Å². The molecule has 74 valence electrons. The molecule has 2 rings (SSSR count). The zero-order chi connectivity index (χ0) is 10.3. The van der Waals surface area contributed by atoms with Crippen LogP contribution in [0.5, 0.6) is 0 Å². The second kappa shape index (κ2) is 2.77. The van der Waals surface area contributed by atoms with Crippen molar-refractivity contribution in [3.63, 3.8) is 0 Å². The average molecular weight is 198 g/mol. The van der Waals surface area contributed by atoms with E-state index >= 15 is 0 Å². The van der Waals surface area contributed by atoms with Crippen LogP contribution in [0.25, 0.3) is 0 Å². The molecule has 4 heteroatoms. The minimum absolute atomic E-state index is 0.351. The number of hydrogen-bond donors (Lipinski definition) is 1. The molecular weight excluding hydrogens is 190 g/mol. The summed E-state index contributed by atoms with van der Waals surface area (Å²) in [4.78, 5) is 10.9. The van der Waals surface area contributed by atoms with Crippen LogP contribution in [0.4, 0.5) is 8.78 Å². The Hall–Kier alpha value is -1.45. The van der Waals surface area contributed by atoms with Crippen molar-refractivity contribution in [3.05, 3.63) is 35.4 Å². The van der Waals surface area contributed by atoms with E-state index in [0.717, 1.165) is 12.1 Å². The molecule has 1 fully saturated rings. The highest BCUT2D eigenvalue weighted by atomic mass is 19.2. The van der Waals surface area contributed by atoms with Gasteiger partial charge in [-0.05, 0) is 30.5 Å². The first-order valence-electron chi connectivity index (χ1n) is 4.25. The van der Waals surface area contributed by atoms with Gasteiger partial charge >= 0.3 is 5.97 Å². The van der Waals surface area contributed by atoms with Crippen molar-refractivity contribution in [1.82, 2.24) is 0 Å². The summed E-state index contributed by atoms with van der Waals surface area (Å²) >= 11 is 0. The molecule has 0 spiro atoms. The molecule has 0 aromatic heterocycles. The molecule has 2 nitrogen and oxygen atoms in total. The van der Waals surface area contributed by atoms with E-state index in [1.54, 1.807) is 0 Å². The Morgan fingerprint density at radius 3 is 2.36 bits per heavy atom. The SMILES string of the molecule is O=C(O)C1(c2ccc(F)c(F)c2)CC1. The summed E-state index contributed by atoms with van der Waals surface area (Å²) in [6.45, 7) is 0. The lowest BCUT2D eigenvalue weighted by Crippen LogP contribution is -2.19. The Bertz CT molecular complexity index is 397. The Morgan fingerprint density at radius 2 is 1.93 bits per heavy atom. The van der Waals surface area contributed by atoms with Gasteiger partial charge in [-0.25, -0.2) is 8.78 Å². The van der Waals surface area contributed by atoms with E-state index in [1.807, 2.05) is 0 Å². The summed E-state index contributed by atoms with van der Waals surface area (Å²) in [7, 11) is 0. The fourth-order valence-electron chi connectivity index (χ4n) is 1.54. The van der Waals surface area contributed by atoms with E-state index < -0.39 is 23.0 Å². The van der Waals surface area contributed by atoms with E-state index in [9.17, 15) is 13.6 Å². The van der Waals surface area contributed by atoms with Crippen molar-refractivity contribution in [2.75, 3.05) is 0 Å². The highest BCUT2D eigenvalue weighted by molar-refractivity contribution is 5.84. The van der Waals surface area contributed by atoms with Gasteiger partial charge in [-0.2, -0.15) is 0 Å². The number of aliphatic carboxylic acids is 1. The predicted molar refractivity (Wildman–Crippen MR) is 44.9 cm³/mol. The second-order valence-corrected chi connectivity index (χ2v) is 3.52. The third kappa shape index (κ3) is 1.18. The third-order valence-corrected chi connectivity index (χ3v) is 2.63. The highest BCUT2D eigenvalue weighted by Gasteiger charge is 2.51. The fourth-order valence-corrected chi connectivity index (χ4v) is 1.54.